The first-order valence-corrected chi connectivity index (χ1v) is 9.48. The van der Waals surface area contributed by atoms with Gasteiger partial charge in [0.25, 0.3) is 11.8 Å². The van der Waals surface area contributed by atoms with Gasteiger partial charge < -0.3 is 15.4 Å². The van der Waals surface area contributed by atoms with Gasteiger partial charge in [0.1, 0.15) is 6.54 Å². The second kappa shape index (κ2) is 8.99. The van der Waals surface area contributed by atoms with E-state index in [2.05, 4.69) is 24.5 Å². The summed E-state index contributed by atoms with van der Waals surface area (Å²) in [6, 6.07) is 3.69. The van der Waals surface area contributed by atoms with Gasteiger partial charge in [-0.05, 0) is 37.3 Å². The maximum Gasteiger partial charge on any atom is 0.325 e. The van der Waals surface area contributed by atoms with Gasteiger partial charge in [-0.25, -0.2) is 0 Å². The molecular weight excluding hydrogens is 340 g/mol. The normalized spacial score (nSPS) is 22.9. The third-order valence-electron chi connectivity index (χ3n) is 4.77. The topological polar surface area (TPSA) is 84.5 Å². The molecule has 0 aromatic carbocycles. The quantitative estimate of drug-likeness (QED) is 0.757. The summed E-state index contributed by atoms with van der Waals surface area (Å²) in [5.74, 6) is -0.231. The van der Waals surface area contributed by atoms with Gasteiger partial charge in [0.2, 0.25) is 0 Å². The smallest absolute Gasteiger partial charge is 0.325 e. The van der Waals surface area contributed by atoms with E-state index in [1.54, 1.807) is 6.07 Å². The highest BCUT2D eigenvalue weighted by molar-refractivity contribution is 7.13. The molecule has 2 rings (SSSR count). The van der Waals surface area contributed by atoms with Gasteiger partial charge in [-0.2, -0.15) is 0 Å². The highest BCUT2D eigenvalue weighted by Gasteiger charge is 2.28. The number of ether oxygens (including phenoxy) is 1. The molecule has 0 unspecified atom stereocenters. The molecule has 7 heteroatoms. The van der Waals surface area contributed by atoms with Crippen LogP contribution in [0.5, 0.6) is 0 Å². The van der Waals surface area contributed by atoms with E-state index in [0.717, 1.165) is 17.7 Å². The summed E-state index contributed by atoms with van der Waals surface area (Å²) < 4.78 is 4.94. The van der Waals surface area contributed by atoms with Crippen LogP contribution in [-0.2, 0) is 14.3 Å². The molecular formula is C18H26N2O4S. The minimum Gasteiger partial charge on any atom is -0.454 e. The van der Waals surface area contributed by atoms with Crippen LogP contribution in [0, 0.1) is 18.8 Å². The number of hydrogen-bond donors (Lipinski definition) is 2. The molecule has 0 radical (unpaired) electrons. The average molecular weight is 366 g/mol. The van der Waals surface area contributed by atoms with Crippen molar-refractivity contribution in [2.45, 2.75) is 46.1 Å². The molecule has 2 N–H and O–H groups in total. The van der Waals surface area contributed by atoms with E-state index in [0.29, 0.717) is 16.7 Å². The highest BCUT2D eigenvalue weighted by Crippen LogP contribution is 2.29. The summed E-state index contributed by atoms with van der Waals surface area (Å²) in [6.07, 6.45) is 3.25. The predicted molar refractivity (Wildman–Crippen MR) is 96.5 cm³/mol. The third kappa shape index (κ3) is 5.85. The van der Waals surface area contributed by atoms with Crippen molar-refractivity contribution >= 4 is 29.1 Å². The van der Waals surface area contributed by atoms with Crippen molar-refractivity contribution < 1.29 is 19.1 Å². The molecule has 0 aliphatic heterocycles. The van der Waals surface area contributed by atoms with Crippen LogP contribution in [0.15, 0.2) is 12.1 Å². The van der Waals surface area contributed by atoms with Crippen LogP contribution in [0.2, 0.25) is 0 Å². The zero-order valence-corrected chi connectivity index (χ0v) is 15.8. The Morgan fingerprint density at radius 2 is 2.00 bits per heavy atom. The maximum absolute atomic E-state index is 12.0. The van der Waals surface area contributed by atoms with Gasteiger partial charge in [0.15, 0.2) is 6.61 Å². The van der Waals surface area contributed by atoms with Crippen LogP contribution in [-0.4, -0.2) is 37.0 Å². The lowest BCUT2D eigenvalue weighted by molar-refractivity contribution is -0.147. The average Bonchev–Trinajstić information content (AvgIpc) is 3.01. The van der Waals surface area contributed by atoms with Crippen LogP contribution in [0.25, 0.3) is 0 Å². The minimum absolute atomic E-state index is 0.136. The van der Waals surface area contributed by atoms with Crippen molar-refractivity contribution in [2.24, 2.45) is 11.8 Å². The van der Waals surface area contributed by atoms with Gasteiger partial charge in [-0.1, -0.05) is 26.7 Å². The van der Waals surface area contributed by atoms with E-state index in [9.17, 15) is 14.4 Å². The number of aryl methyl sites for hydroxylation is 1. The van der Waals surface area contributed by atoms with Crippen molar-refractivity contribution in [3.8, 4) is 0 Å². The van der Waals surface area contributed by atoms with Gasteiger partial charge in [0.05, 0.1) is 4.88 Å². The SMILES string of the molecule is Cc1ccc(C(=O)NCC(=O)OCC(=O)N[C@@H]2CCC[C@@H](C)[C@@H]2C)s1. The molecule has 25 heavy (non-hydrogen) atoms. The van der Waals surface area contributed by atoms with E-state index < -0.39 is 5.97 Å². The Kier molecular flexibility index (Phi) is 6.99. The third-order valence-corrected chi connectivity index (χ3v) is 5.77. The number of carbonyl (C=O) groups excluding carboxylic acids is 3. The lowest BCUT2D eigenvalue weighted by Gasteiger charge is -2.34. The van der Waals surface area contributed by atoms with E-state index >= 15 is 0 Å². The number of hydrogen-bond acceptors (Lipinski definition) is 5. The van der Waals surface area contributed by atoms with Gasteiger partial charge in [-0.15, -0.1) is 11.3 Å². The van der Waals surface area contributed by atoms with Gasteiger partial charge >= 0.3 is 5.97 Å². The minimum atomic E-state index is -0.623. The summed E-state index contributed by atoms with van der Waals surface area (Å²) in [5, 5.41) is 5.44. The fourth-order valence-corrected chi connectivity index (χ4v) is 3.81. The summed E-state index contributed by atoms with van der Waals surface area (Å²) in [4.78, 5) is 37.1. The molecule has 3 atom stereocenters. The van der Waals surface area contributed by atoms with Crippen LogP contribution in [0.3, 0.4) is 0 Å². The Bertz CT molecular complexity index is 628. The molecule has 1 saturated carbocycles. The molecule has 6 nitrogen and oxygen atoms in total. The van der Waals surface area contributed by atoms with Crippen LogP contribution < -0.4 is 10.6 Å². The Hall–Kier alpha value is -1.89. The Balaban J connectivity index is 1.67. The van der Waals surface area contributed by atoms with E-state index in [1.165, 1.54) is 17.8 Å². The number of esters is 1. The summed E-state index contributed by atoms with van der Waals surface area (Å²) in [6.45, 7) is 5.68. The largest absolute Gasteiger partial charge is 0.454 e. The van der Waals surface area contributed by atoms with Crippen molar-refractivity contribution in [2.75, 3.05) is 13.2 Å². The lowest BCUT2D eigenvalue weighted by atomic mass is 9.78. The molecule has 1 heterocycles. The fourth-order valence-electron chi connectivity index (χ4n) is 3.03. The predicted octanol–water partition coefficient (Wildman–Crippen LogP) is 2.27. The Morgan fingerprint density at radius 3 is 2.68 bits per heavy atom. The molecule has 1 fully saturated rings. The first-order chi connectivity index (χ1) is 11.9. The molecule has 1 aliphatic rings. The number of rotatable bonds is 6. The summed E-state index contributed by atoms with van der Waals surface area (Å²) in [7, 11) is 0. The first kappa shape index (κ1) is 19.4. The standard InChI is InChI=1S/C18H26N2O4S/c1-11-5-4-6-14(13(11)3)20-16(21)10-24-17(22)9-19-18(23)15-8-7-12(2)25-15/h7-8,11,13-14H,4-6,9-10H2,1-3H3,(H,19,23)(H,20,21)/t11-,13+,14-/m1/s1. The molecule has 0 bridgehead atoms. The van der Waals surface area contributed by atoms with Crippen LogP contribution in [0.1, 0.15) is 47.7 Å². The number of thiophene rings is 1. The van der Waals surface area contributed by atoms with Crippen LogP contribution >= 0.6 is 11.3 Å². The van der Waals surface area contributed by atoms with E-state index in [-0.39, 0.29) is 31.0 Å². The maximum atomic E-state index is 12.0. The number of carbonyl (C=O) groups is 3. The molecule has 1 aliphatic carbocycles. The van der Waals surface area contributed by atoms with Crippen molar-refractivity contribution in [1.29, 1.82) is 0 Å². The molecule has 1 aromatic rings. The first-order valence-electron chi connectivity index (χ1n) is 8.66. The van der Waals surface area contributed by atoms with Crippen molar-refractivity contribution in [3.63, 3.8) is 0 Å². The Labute approximate surface area is 152 Å². The molecule has 1 aromatic heterocycles. The van der Waals surface area contributed by atoms with E-state index in [1.807, 2.05) is 13.0 Å². The Morgan fingerprint density at radius 1 is 1.24 bits per heavy atom. The van der Waals surface area contributed by atoms with Gasteiger partial charge in [0, 0.05) is 10.9 Å². The lowest BCUT2D eigenvalue weighted by Crippen LogP contribution is -2.45. The van der Waals surface area contributed by atoms with E-state index in [4.69, 9.17) is 4.74 Å². The second-order valence-electron chi connectivity index (χ2n) is 6.69. The zero-order chi connectivity index (χ0) is 18.4. The molecule has 2 amide bonds. The second-order valence-corrected chi connectivity index (χ2v) is 7.98. The van der Waals surface area contributed by atoms with Crippen molar-refractivity contribution in [3.05, 3.63) is 21.9 Å². The summed E-state index contributed by atoms with van der Waals surface area (Å²) in [5.41, 5.74) is 0. The zero-order valence-electron chi connectivity index (χ0n) is 15.0. The van der Waals surface area contributed by atoms with Crippen LogP contribution in [0.4, 0.5) is 0 Å². The number of nitrogens with one attached hydrogen (secondary N) is 2. The van der Waals surface area contributed by atoms with Gasteiger partial charge in [-0.3, -0.25) is 14.4 Å². The van der Waals surface area contributed by atoms with Crippen molar-refractivity contribution in [1.82, 2.24) is 10.6 Å². The highest BCUT2D eigenvalue weighted by atomic mass is 32.1. The molecule has 0 saturated heterocycles. The molecule has 0 spiro atoms. The fraction of sp³-hybridized carbons (Fsp3) is 0.611. The molecule has 138 valence electrons. The summed E-state index contributed by atoms with van der Waals surface area (Å²) >= 11 is 1.36. The number of amides is 2. The monoisotopic (exact) mass is 366 g/mol.